The smallest absolute Gasteiger partial charge is 0.242 e. The molecular formula is C20H38N4O3. The summed E-state index contributed by atoms with van der Waals surface area (Å²) in [6, 6.07) is 0.305. The Labute approximate surface area is 163 Å². The normalized spacial score (nSPS) is 31.2. The number of hydroxylamine groups is 1. The Morgan fingerprint density at radius 3 is 2.41 bits per heavy atom. The van der Waals surface area contributed by atoms with Crippen LogP contribution in [0.2, 0.25) is 0 Å². The number of carbonyl (C=O) groups is 2. The van der Waals surface area contributed by atoms with E-state index in [2.05, 4.69) is 18.1 Å². The van der Waals surface area contributed by atoms with Crippen molar-refractivity contribution >= 4 is 11.8 Å². The summed E-state index contributed by atoms with van der Waals surface area (Å²) >= 11 is 0. The van der Waals surface area contributed by atoms with Crippen molar-refractivity contribution in [2.24, 2.45) is 23.3 Å². The SMILES string of the molecule is CC1CCCC2CC(C(=O)N(C)C3CCCCC3)NOC12.NCCC(N)=O. The van der Waals surface area contributed by atoms with Crippen LogP contribution in [0.25, 0.3) is 0 Å². The Morgan fingerprint density at radius 1 is 1.11 bits per heavy atom. The van der Waals surface area contributed by atoms with E-state index in [4.69, 9.17) is 10.6 Å². The average Bonchev–Trinajstić information content (AvgIpc) is 2.68. The summed E-state index contributed by atoms with van der Waals surface area (Å²) in [5.74, 6) is 1.07. The first-order chi connectivity index (χ1) is 12.9. The van der Waals surface area contributed by atoms with Gasteiger partial charge in [-0.3, -0.25) is 14.4 Å². The molecule has 27 heavy (non-hydrogen) atoms. The van der Waals surface area contributed by atoms with Crippen LogP contribution in [-0.4, -0.2) is 48.5 Å². The molecule has 5 N–H and O–H groups in total. The monoisotopic (exact) mass is 382 g/mol. The zero-order valence-electron chi connectivity index (χ0n) is 17.0. The van der Waals surface area contributed by atoms with Gasteiger partial charge in [0, 0.05) is 26.1 Å². The summed E-state index contributed by atoms with van der Waals surface area (Å²) in [5.41, 5.74) is 12.7. The minimum Gasteiger partial charge on any atom is -0.370 e. The zero-order chi connectivity index (χ0) is 19.8. The average molecular weight is 383 g/mol. The fourth-order valence-corrected chi connectivity index (χ4v) is 4.66. The molecule has 0 aromatic carbocycles. The second kappa shape index (κ2) is 11.0. The number of hydrogen-bond donors (Lipinski definition) is 3. The minimum atomic E-state index is -0.336. The molecule has 0 aromatic rings. The third-order valence-electron chi connectivity index (χ3n) is 6.30. The molecule has 3 rings (SSSR count). The Kier molecular flexibility index (Phi) is 8.99. The molecule has 0 aromatic heterocycles. The van der Waals surface area contributed by atoms with Crippen LogP contribution < -0.4 is 16.9 Å². The molecule has 2 amide bonds. The van der Waals surface area contributed by atoms with Crippen LogP contribution in [0.4, 0.5) is 0 Å². The highest BCUT2D eigenvalue weighted by Crippen LogP contribution is 2.36. The van der Waals surface area contributed by atoms with Gasteiger partial charge in [0.2, 0.25) is 11.8 Å². The van der Waals surface area contributed by atoms with Gasteiger partial charge >= 0.3 is 0 Å². The fraction of sp³-hybridized carbons (Fsp3) is 0.900. The van der Waals surface area contributed by atoms with Crippen LogP contribution in [0.3, 0.4) is 0 Å². The molecular weight excluding hydrogens is 344 g/mol. The molecule has 3 fully saturated rings. The summed E-state index contributed by atoms with van der Waals surface area (Å²) in [7, 11) is 1.98. The van der Waals surface area contributed by atoms with Gasteiger partial charge < -0.3 is 16.4 Å². The summed E-state index contributed by atoms with van der Waals surface area (Å²) in [4.78, 5) is 30.3. The maximum absolute atomic E-state index is 12.7. The Balaban J connectivity index is 0.000000380. The fourth-order valence-electron chi connectivity index (χ4n) is 4.66. The lowest BCUT2D eigenvalue weighted by atomic mass is 9.76. The molecule has 1 aliphatic heterocycles. The van der Waals surface area contributed by atoms with E-state index in [9.17, 15) is 9.59 Å². The van der Waals surface area contributed by atoms with Gasteiger partial charge in [0.05, 0.1) is 6.10 Å². The molecule has 0 radical (unpaired) electrons. The number of nitrogens with one attached hydrogen (secondary N) is 1. The highest BCUT2D eigenvalue weighted by atomic mass is 16.7. The minimum absolute atomic E-state index is 0.136. The maximum Gasteiger partial charge on any atom is 0.242 e. The first kappa shape index (κ1) is 22.1. The van der Waals surface area contributed by atoms with Crippen LogP contribution in [0.1, 0.15) is 71.1 Å². The summed E-state index contributed by atoms with van der Waals surface area (Å²) in [6.45, 7) is 2.63. The summed E-state index contributed by atoms with van der Waals surface area (Å²) in [5, 5.41) is 0. The number of fused-ring (bicyclic) bond motifs is 1. The van der Waals surface area contributed by atoms with Crippen LogP contribution in [-0.2, 0) is 14.4 Å². The van der Waals surface area contributed by atoms with E-state index in [-0.39, 0.29) is 17.9 Å². The lowest BCUT2D eigenvalue weighted by Crippen LogP contribution is -2.56. The van der Waals surface area contributed by atoms with Crippen molar-refractivity contribution in [1.82, 2.24) is 10.4 Å². The molecule has 2 saturated carbocycles. The molecule has 1 heterocycles. The van der Waals surface area contributed by atoms with Crippen LogP contribution in [0.5, 0.6) is 0 Å². The molecule has 1 saturated heterocycles. The van der Waals surface area contributed by atoms with Gasteiger partial charge in [-0.25, -0.2) is 0 Å². The molecule has 2 aliphatic carbocycles. The van der Waals surface area contributed by atoms with E-state index >= 15 is 0 Å². The Hall–Kier alpha value is -1.18. The largest absolute Gasteiger partial charge is 0.370 e. The van der Waals surface area contributed by atoms with Gasteiger partial charge in [-0.15, -0.1) is 0 Å². The zero-order valence-corrected chi connectivity index (χ0v) is 17.0. The van der Waals surface area contributed by atoms with Crippen molar-refractivity contribution in [3.8, 4) is 0 Å². The third kappa shape index (κ3) is 6.43. The predicted octanol–water partition coefficient (Wildman–Crippen LogP) is 1.70. The quantitative estimate of drug-likeness (QED) is 0.685. The van der Waals surface area contributed by atoms with Gasteiger partial charge in [-0.05, 0) is 43.9 Å². The van der Waals surface area contributed by atoms with E-state index < -0.39 is 0 Å². The number of hydrogen-bond acceptors (Lipinski definition) is 5. The number of nitrogens with zero attached hydrogens (tertiary/aromatic N) is 1. The van der Waals surface area contributed by atoms with E-state index in [0.717, 1.165) is 6.42 Å². The Bertz CT molecular complexity index is 482. The Morgan fingerprint density at radius 2 is 1.81 bits per heavy atom. The van der Waals surface area contributed by atoms with E-state index in [1.807, 2.05) is 11.9 Å². The number of carbonyl (C=O) groups excluding carboxylic acids is 2. The van der Waals surface area contributed by atoms with Crippen molar-refractivity contribution in [2.45, 2.75) is 89.3 Å². The number of rotatable bonds is 4. The standard InChI is InChI=1S/C17H30N2O2.C3H8N2O/c1-12-7-6-8-13-11-15(18-21-16(12)13)17(20)19(2)14-9-4-3-5-10-14;4-2-1-3(5)6/h12-16,18H,3-11H2,1-2H3;1-2,4H2,(H2,5,6). The number of primary amides is 1. The lowest BCUT2D eigenvalue weighted by molar-refractivity contribution is -0.167. The van der Waals surface area contributed by atoms with Gasteiger partial charge in [-0.1, -0.05) is 32.6 Å². The van der Waals surface area contributed by atoms with E-state index in [1.165, 1.54) is 51.4 Å². The van der Waals surface area contributed by atoms with Crippen molar-refractivity contribution in [1.29, 1.82) is 0 Å². The molecule has 0 spiro atoms. The van der Waals surface area contributed by atoms with Gasteiger partial charge in [0.25, 0.3) is 0 Å². The maximum atomic E-state index is 12.7. The molecule has 4 unspecified atom stereocenters. The van der Waals surface area contributed by atoms with Gasteiger partial charge in [0.15, 0.2) is 0 Å². The van der Waals surface area contributed by atoms with Crippen molar-refractivity contribution in [3.05, 3.63) is 0 Å². The first-order valence-corrected chi connectivity index (χ1v) is 10.6. The van der Waals surface area contributed by atoms with Crippen LogP contribution in [0.15, 0.2) is 0 Å². The second-order valence-corrected chi connectivity index (χ2v) is 8.40. The van der Waals surface area contributed by atoms with Crippen LogP contribution in [0, 0.1) is 11.8 Å². The predicted molar refractivity (Wildman–Crippen MR) is 105 cm³/mol. The number of likely N-dealkylation sites (N-methyl/N-ethyl adjacent to an activating group) is 1. The lowest BCUT2D eigenvalue weighted by Gasteiger charge is -2.43. The highest BCUT2D eigenvalue weighted by Gasteiger charge is 2.40. The van der Waals surface area contributed by atoms with Crippen molar-refractivity contribution in [2.75, 3.05) is 13.6 Å². The number of amides is 2. The van der Waals surface area contributed by atoms with Gasteiger partial charge in [-0.2, -0.15) is 5.48 Å². The molecule has 7 nitrogen and oxygen atoms in total. The molecule has 7 heteroatoms. The van der Waals surface area contributed by atoms with Crippen molar-refractivity contribution in [3.63, 3.8) is 0 Å². The van der Waals surface area contributed by atoms with Gasteiger partial charge in [0.1, 0.15) is 6.04 Å². The third-order valence-corrected chi connectivity index (χ3v) is 6.30. The molecule has 0 bridgehead atoms. The summed E-state index contributed by atoms with van der Waals surface area (Å²) in [6.07, 6.45) is 11.5. The van der Waals surface area contributed by atoms with E-state index in [0.29, 0.717) is 36.9 Å². The molecule has 3 aliphatic rings. The summed E-state index contributed by atoms with van der Waals surface area (Å²) < 4.78 is 0. The molecule has 156 valence electrons. The molecule has 4 atom stereocenters. The van der Waals surface area contributed by atoms with E-state index in [1.54, 1.807) is 0 Å². The van der Waals surface area contributed by atoms with Crippen LogP contribution >= 0.6 is 0 Å². The second-order valence-electron chi connectivity index (χ2n) is 8.40. The first-order valence-electron chi connectivity index (χ1n) is 10.6. The van der Waals surface area contributed by atoms with Crippen molar-refractivity contribution < 1.29 is 14.4 Å². The topological polar surface area (TPSA) is 111 Å². The highest BCUT2D eigenvalue weighted by molar-refractivity contribution is 5.82. The number of nitrogens with two attached hydrogens (primary N) is 2.